The predicted octanol–water partition coefficient (Wildman–Crippen LogP) is 4.91. The normalized spacial score (nSPS) is 10.9. The molecule has 0 saturated carbocycles. The van der Waals surface area contributed by atoms with Gasteiger partial charge in [0.05, 0.1) is 0 Å². The summed E-state index contributed by atoms with van der Waals surface area (Å²) >= 11 is 6.07. The van der Waals surface area contributed by atoms with Crippen molar-refractivity contribution in [1.82, 2.24) is 9.47 Å². The SMILES string of the molecule is CCCN(C)CCNc1ccc(-n2ccc(-c3cccc(Cl)c3)cc2=O)cc1C=N. The van der Waals surface area contributed by atoms with Gasteiger partial charge < -0.3 is 15.6 Å². The van der Waals surface area contributed by atoms with Gasteiger partial charge in [0.2, 0.25) is 0 Å². The zero-order valence-corrected chi connectivity index (χ0v) is 18.1. The fourth-order valence-corrected chi connectivity index (χ4v) is 3.59. The number of anilines is 1. The fourth-order valence-electron chi connectivity index (χ4n) is 3.40. The van der Waals surface area contributed by atoms with Crippen molar-refractivity contribution in [3.05, 3.63) is 81.7 Å². The largest absolute Gasteiger partial charge is 0.383 e. The van der Waals surface area contributed by atoms with Crippen molar-refractivity contribution in [2.45, 2.75) is 13.3 Å². The van der Waals surface area contributed by atoms with Crippen LogP contribution >= 0.6 is 11.6 Å². The molecule has 0 aliphatic carbocycles. The maximum atomic E-state index is 12.7. The molecule has 0 aliphatic heterocycles. The molecule has 0 aliphatic rings. The van der Waals surface area contributed by atoms with E-state index in [1.165, 1.54) is 6.21 Å². The van der Waals surface area contributed by atoms with Crippen LogP contribution in [-0.4, -0.2) is 42.4 Å². The highest BCUT2D eigenvalue weighted by Crippen LogP contribution is 2.22. The van der Waals surface area contributed by atoms with Gasteiger partial charge in [-0.05, 0) is 67.5 Å². The highest BCUT2D eigenvalue weighted by Gasteiger charge is 2.07. The summed E-state index contributed by atoms with van der Waals surface area (Å²) < 4.78 is 1.58. The lowest BCUT2D eigenvalue weighted by molar-refractivity contribution is 0.348. The minimum absolute atomic E-state index is 0.134. The van der Waals surface area contributed by atoms with Crippen LogP contribution in [-0.2, 0) is 0 Å². The van der Waals surface area contributed by atoms with Gasteiger partial charge >= 0.3 is 0 Å². The Kier molecular flexibility index (Phi) is 7.44. The van der Waals surface area contributed by atoms with Gasteiger partial charge in [0, 0.05) is 53.5 Å². The van der Waals surface area contributed by atoms with Crippen LogP contribution in [0, 0.1) is 5.41 Å². The summed E-state index contributed by atoms with van der Waals surface area (Å²) in [6, 6.07) is 16.6. The number of nitrogens with zero attached hydrogens (tertiary/aromatic N) is 2. The van der Waals surface area contributed by atoms with Gasteiger partial charge in [-0.15, -0.1) is 0 Å². The van der Waals surface area contributed by atoms with E-state index in [1.54, 1.807) is 16.8 Å². The van der Waals surface area contributed by atoms with Crippen molar-refractivity contribution in [3.8, 4) is 16.8 Å². The van der Waals surface area contributed by atoms with Crippen molar-refractivity contribution in [1.29, 1.82) is 5.41 Å². The number of aromatic nitrogens is 1. The van der Waals surface area contributed by atoms with Crippen molar-refractivity contribution in [3.63, 3.8) is 0 Å². The monoisotopic (exact) mass is 422 g/mol. The summed E-state index contributed by atoms with van der Waals surface area (Å²) in [6.45, 7) is 4.95. The number of benzene rings is 2. The summed E-state index contributed by atoms with van der Waals surface area (Å²) in [6.07, 6.45) is 4.20. The van der Waals surface area contributed by atoms with Crippen LogP contribution in [0.2, 0.25) is 5.02 Å². The molecule has 0 saturated heterocycles. The first-order chi connectivity index (χ1) is 14.5. The number of nitrogens with one attached hydrogen (secondary N) is 2. The molecule has 0 unspecified atom stereocenters. The molecule has 3 rings (SSSR count). The highest BCUT2D eigenvalue weighted by molar-refractivity contribution is 6.30. The van der Waals surface area contributed by atoms with E-state index in [2.05, 4.69) is 24.2 Å². The van der Waals surface area contributed by atoms with E-state index >= 15 is 0 Å². The molecule has 6 heteroatoms. The van der Waals surface area contributed by atoms with Gasteiger partial charge in [0.25, 0.3) is 5.56 Å². The Balaban J connectivity index is 1.80. The Morgan fingerprint density at radius 1 is 1.10 bits per heavy atom. The first-order valence-electron chi connectivity index (χ1n) is 10.1. The summed E-state index contributed by atoms with van der Waals surface area (Å²) in [5.74, 6) is 0. The number of rotatable bonds is 9. The number of likely N-dealkylation sites (N-methyl/N-ethyl adjacent to an activating group) is 1. The van der Waals surface area contributed by atoms with E-state index in [0.29, 0.717) is 5.02 Å². The molecule has 2 aromatic carbocycles. The molecule has 0 spiro atoms. The fraction of sp³-hybridized carbons (Fsp3) is 0.250. The predicted molar refractivity (Wildman–Crippen MR) is 127 cm³/mol. The quantitative estimate of drug-likeness (QED) is 0.481. The van der Waals surface area contributed by atoms with Gasteiger partial charge in [-0.3, -0.25) is 9.36 Å². The average molecular weight is 423 g/mol. The maximum absolute atomic E-state index is 12.7. The van der Waals surface area contributed by atoms with Crippen molar-refractivity contribution in [2.75, 3.05) is 32.0 Å². The molecule has 2 N–H and O–H groups in total. The van der Waals surface area contributed by atoms with E-state index < -0.39 is 0 Å². The van der Waals surface area contributed by atoms with Crippen molar-refractivity contribution in [2.24, 2.45) is 0 Å². The third-order valence-corrected chi connectivity index (χ3v) is 5.20. The number of pyridine rings is 1. The van der Waals surface area contributed by atoms with E-state index in [9.17, 15) is 4.79 Å². The van der Waals surface area contributed by atoms with Gasteiger partial charge in [0.1, 0.15) is 0 Å². The lowest BCUT2D eigenvalue weighted by Gasteiger charge is -2.17. The Morgan fingerprint density at radius 3 is 2.60 bits per heavy atom. The molecule has 5 nitrogen and oxygen atoms in total. The van der Waals surface area contributed by atoms with Crippen LogP contribution in [0.3, 0.4) is 0 Å². The minimum Gasteiger partial charge on any atom is -0.383 e. The molecule has 1 aromatic heterocycles. The standard InChI is InChI=1S/C24H27ClN4O/c1-3-11-28(2)13-10-27-23-8-7-22(15-20(23)17-26)29-12-9-19(16-24(29)30)18-5-4-6-21(25)14-18/h4-9,12,14-17,26-27H,3,10-11,13H2,1-2H3. The van der Waals surface area contributed by atoms with Crippen LogP contribution in [0.5, 0.6) is 0 Å². The minimum atomic E-state index is -0.134. The highest BCUT2D eigenvalue weighted by atomic mass is 35.5. The van der Waals surface area contributed by atoms with Crippen LogP contribution in [0.15, 0.2) is 65.6 Å². The van der Waals surface area contributed by atoms with Crippen LogP contribution in [0.4, 0.5) is 5.69 Å². The molecular formula is C24H27ClN4O. The van der Waals surface area contributed by atoms with Crippen molar-refractivity contribution >= 4 is 23.5 Å². The molecule has 3 aromatic rings. The second-order valence-electron chi connectivity index (χ2n) is 7.28. The smallest absolute Gasteiger partial charge is 0.255 e. The number of halogens is 1. The first kappa shape index (κ1) is 21.8. The molecule has 0 bridgehead atoms. The third kappa shape index (κ3) is 5.38. The third-order valence-electron chi connectivity index (χ3n) is 4.96. The van der Waals surface area contributed by atoms with E-state index in [1.807, 2.05) is 48.5 Å². The van der Waals surface area contributed by atoms with Crippen LogP contribution in [0.1, 0.15) is 18.9 Å². The summed E-state index contributed by atoms with van der Waals surface area (Å²) in [4.78, 5) is 15.0. The lowest BCUT2D eigenvalue weighted by Crippen LogP contribution is -2.26. The summed E-state index contributed by atoms with van der Waals surface area (Å²) in [7, 11) is 2.10. The van der Waals surface area contributed by atoms with Gasteiger partial charge in [-0.2, -0.15) is 0 Å². The van der Waals surface area contributed by atoms with E-state index in [4.69, 9.17) is 17.0 Å². The summed E-state index contributed by atoms with van der Waals surface area (Å²) in [5.41, 5.74) is 3.95. The second kappa shape index (κ2) is 10.2. The molecule has 0 amide bonds. The molecule has 0 radical (unpaired) electrons. The average Bonchev–Trinajstić information content (AvgIpc) is 2.74. The lowest BCUT2D eigenvalue weighted by atomic mass is 10.1. The molecule has 1 heterocycles. The van der Waals surface area contributed by atoms with E-state index in [-0.39, 0.29) is 5.56 Å². The number of hydrogen-bond donors (Lipinski definition) is 2. The van der Waals surface area contributed by atoms with Gasteiger partial charge in [-0.1, -0.05) is 30.7 Å². The zero-order chi connectivity index (χ0) is 21.5. The summed E-state index contributed by atoms with van der Waals surface area (Å²) in [5, 5.41) is 11.8. The Bertz CT molecular complexity index is 1080. The topological polar surface area (TPSA) is 61.1 Å². The molecule has 30 heavy (non-hydrogen) atoms. The molecule has 0 fully saturated rings. The van der Waals surface area contributed by atoms with E-state index in [0.717, 1.165) is 54.1 Å². The molecule has 0 atom stereocenters. The zero-order valence-electron chi connectivity index (χ0n) is 17.4. The van der Waals surface area contributed by atoms with Gasteiger partial charge in [-0.25, -0.2) is 0 Å². The maximum Gasteiger partial charge on any atom is 0.255 e. The van der Waals surface area contributed by atoms with Crippen LogP contribution < -0.4 is 10.9 Å². The first-order valence-corrected chi connectivity index (χ1v) is 10.5. The number of hydrogen-bond acceptors (Lipinski definition) is 4. The second-order valence-corrected chi connectivity index (χ2v) is 7.72. The Hall–Kier alpha value is -2.89. The molecule has 156 valence electrons. The van der Waals surface area contributed by atoms with Crippen LogP contribution in [0.25, 0.3) is 16.8 Å². The Labute approximate surface area is 182 Å². The van der Waals surface area contributed by atoms with Crippen molar-refractivity contribution < 1.29 is 0 Å². The molecular weight excluding hydrogens is 396 g/mol. The van der Waals surface area contributed by atoms with Gasteiger partial charge in [0.15, 0.2) is 0 Å². The Morgan fingerprint density at radius 2 is 1.90 bits per heavy atom.